The van der Waals surface area contributed by atoms with Crippen molar-refractivity contribution in [2.75, 3.05) is 7.05 Å². The van der Waals surface area contributed by atoms with Gasteiger partial charge in [0.2, 0.25) is 0 Å². The van der Waals surface area contributed by atoms with Crippen LogP contribution in [0, 0.1) is 0 Å². The molecule has 0 spiro atoms. The van der Waals surface area contributed by atoms with E-state index in [-0.39, 0.29) is 6.03 Å². The molecule has 1 aliphatic carbocycles. The molecule has 1 saturated carbocycles. The molecule has 0 atom stereocenters. The Kier molecular flexibility index (Phi) is 4.23. The normalized spacial score (nSPS) is 18.3. The zero-order valence-corrected chi connectivity index (χ0v) is 9.55. The Bertz CT molecular complexity index is 186. The minimum atomic E-state index is 0.0758. The molecule has 0 aromatic heterocycles. The number of nitrogens with one attached hydrogen (secondary N) is 1. The fraction of sp³-hybridized carbons (Fsp3) is 0.909. The predicted molar refractivity (Wildman–Crippen MR) is 58.3 cm³/mol. The third-order valence-electron chi connectivity index (χ3n) is 2.97. The average Bonchev–Trinajstić information content (AvgIpc) is 2.19. The molecule has 0 heterocycles. The molecule has 0 saturated heterocycles. The van der Waals surface area contributed by atoms with Gasteiger partial charge < -0.3 is 10.2 Å². The minimum Gasteiger partial charge on any atom is -0.341 e. The van der Waals surface area contributed by atoms with Crippen molar-refractivity contribution in [3.8, 4) is 0 Å². The van der Waals surface area contributed by atoms with Gasteiger partial charge in [0.25, 0.3) is 0 Å². The van der Waals surface area contributed by atoms with Gasteiger partial charge in [0, 0.05) is 19.1 Å². The lowest BCUT2D eigenvalue weighted by atomic mass is 9.93. The van der Waals surface area contributed by atoms with E-state index in [9.17, 15) is 4.79 Å². The van der Waals surface area contributed by atoms with E-state index in [0.29, 0.717) is 12.1 Å². The van der Waals surface area contributed by atoms with Crippen molar-refractivity contribution in [1.82, 2.24) is 10.2 Å². The molecule has 1 fully saturated rings. The maximum absolute atomic E-state index is 11.7. The van der Waals surface area contributed by atoms with Crippen LogP contribution in [0.3, 0.4) is 0 Å². The predicted octanol–water partition coefficient (Wildman–Crippen LogP) is 2.37. The van der Waals surface area contributed by atoms with Crippen LogP contribution in [0.25, 0.3) is 0 Å². The number of carbonyl (C=O) groups is 1. The Labute approximate surface area is 86.9 Å². The van der Waals surface area contributed by atoms with Gasteiger partial charge in [0.05, 0.1) is 0 Å². The van der Waals surface area contributed by atoms with Crippen molar-refractivity contribution < 1.29 is 4.79 Å². The highest BCUT2D eigenvalue weighted by Crippen LogP contribution is 2.24. The molecule has 0 bridgehead atoms. The fourth-order valence-electron chi connectivity index (χ4n) is 2.31. The van der Waals surface area contributed by atoms with Gasteiger partial charge in [-0.25, -0.2) is 4.79 Å². The number of rotatable bonds is 2. The summed E-state index contributed by atoms with van der Waals surface area (Å²) in [6, 6.07) is 0.841. The summed E-state index contributed by atoms with van der Waals surface area (Å²) < 4.78 is 0. The van der Waals surface area contributed by atoms with E-state index < -0.39 is 0 Å². The van der Waals surface area contributed by atoms with E-state index in [4.69, 9.17) is 0 Å². The fourth-order valence-corrected chi connectivity index (χ4v) is 2.31. The number of urea groups is 1. The maximum atomic E-state index is 11.7. The van der Waals surface area contributed by atoms with E-state index in [2.05, 4.69) is 19.2 Å². The smallest absolute Gasteiger partial charge is 0.317 e. The lowest BCUT2D eigenvalue weighted by molar-refractivity contribution is 0.136. The van der Waals surface area contributed by atoms with Crippen molar-refractivity contribution >= 4 is 6.03 Å². The van der Waals surface area contributed by atoms with Crippen LogP contribution in [0.4, 0.5) is 4.79 Å². The maximum Gasteiger partial charge on any atom is 0.317 e. The number of hydrogen-bond acceptors (Lipinski definition) is 1. The lowest BCUT2D eigenvalue weighted by Gasteiger charge is -2.36. The van der Waals surface area contributed by atoms with E-state index in [0.717, 1.165) is 0 Å². The van der Waals surface area contributed by atoms with Crippen LogP contribution >= 0.6 is 0 Å². The zero-order valence-electron chi connectivity index (χ0n) is 9.55. The van der Waals surface area contributed by atoms with Crippen molar-refractivity contribution in [1.29, 1.82) is 0 Å². The largest absolute Gasteiger partial charge is 0.341 e. The minimum absolute atomic E-state index is 0.0758. The number of hydrogen-bond donors (Lipinski definition) is 1. The van der Waals surface area contributed by atoms with Crippen LogP contribution in [0.2, 0.25) is 0 Å². The van der Waals surface area contributed by atoms with Gasteiger partial charge >= 0.3 is 6.03 Å². The van der Waals surface area contributed by atoms with Crippen LogP contribution in [-0.4, -0.2) is 30.1 Å². The zero-order chi connectivity index (χ0) is 10.6. The van der Waals surface area contributed by atoms with Crippen LogP contribution in [0.5, 0.6) is 0 Å². The van der Waals surface area contributed by atoms with Crippen LogP contribution in [0.1, 0.15) is 46.0 Å². The first-order valence-corrected chi connectivity index (χ1v) is 5.67. The molecule has 3 nitrogen and oxygen atoms in total. The van der Waals surface area contributed by atoms with Gasteiger partial charge in [-0.1, -0.05) is 19.3 Å². The molecule has 82 valence electrons. The molecule has 0 unspecified atom stereocenters. The van der Waals surface area contributed by atoms with Crippen molar-refractivity contribution in [3.05, 3.63) is 0 Å². The second-order valence-electron chi connectivity index (χ2n) is 4.35. The second-order valence-corrected chi connectivity index (χ2v) is 4.35. The van der Waals surface area contributed by atoms with E-state index in [1.54, 1.807) is 7.05 Å². The second kappa shape index (κ2) is 5.23. The van der Waals surface area contributed by atoms with Crippen molar-refractivity contribution in [3.63, 3.8) is 0 Å². The molecule has 0 aromatic carbocycles. The third-order valence-corrected chi connectivity index (χ3v) is 2.97. The summed E-state index contributed by atoms with van der Waals surface area (Å²) in [6.07, 6.45) is 6.21. The molecular formula is C11H22N2O. The van der Waals surface area contributed by atoms with Crippen molar-refractivity contribution in [2.24, 2.45) is 0 Å². The molecule has 0 aliphatic heterocycles. The highest BCUT2D eigenvalue weighted by molar-refractivity contribution is 5.74. The molecule has 14 heavy (non-hydrogen) atoms. The summed E-state index contributed by atoms with van der Waals surface area (Å²) in [5.74, 6) is 0. The first kappa shape index (κ1) is 11.3. The Morgan fingerprint density at radius 1 is 1.29 bits per heavy atom. The summed E-state index contributed by atoms with van der Waals surface area (Å²) in [4.78, 5) is 13.7. The Morgan fingerprint density at radius 3 is 2.29 bits per heavy atom. The quantitative estimate of drug-likeness (QED) is 0.726. The number of nitrogens with zero attached hydrogens (tertiary/aromatic N) is 1. The highest BCUT2D eigenvalue weighted by Gasteiger charge is 2.26. The topological polar surface area (TPSA) is 32.3 Å². The van der Waals surface area contributed by atoms with Gasteiger partial charge in [0.1, 0.15) is 0 Å². The molecule has 1 rings (SSSR count). The van der Waals surface area contributed by atoms with E-state index >= 15 is 0 Å². The van der Waals surface area contributed by atoms with Gasteiger partial charge in [-0.05, 0) is 26.7 Å². The molecule has 2 amide bonds. The molecule has 1 aliphatic rings. The lowest BCUT2D eigenvalue weighted by Crippen LogP contribution is -2.49. The van der Waals surface area contributed by atoms with Crippen molar-refractivity contribution in [2.45, 2.75) is 58.0 Å². The van der Waals surface area contributed by atoms with Crippen LogP contribution in [-0.2, 0) is 0 Å². The summed E-state index contributed by atoms with van der Waals surface area (Å²) >= 11 is 0. The van der Waals surface area contributed by atoms with Crippen LogP contribution in [0.15, 0.2) is 0 Å². The number of amides is 2. The van der Waals surface area contributed by atoms with E-state index in [1.807, 2.05) is 4.90 Å². The van der Waals surface area contributed by atoms with Gasteiger partial charge in [-0.15, -0.1) is 0 Å². The van der Waals surface area contributed by atoms with Gasteiger partial charge in [0.15, 0.2) is 0 Å². The first-order valence-electron chi connectivity index (χ1n) is 5.67. The standard InChI is InChI=1S/C11H22N2O/c1-9(2)13(11(14)12-3)10-7-5-4-6-8-10/h9-10H,4-8H2,1-3H3,(H,12,14). The highest BCUT2D eigenvalue weighted by atomic mass is 16.2. The molecule has 1 N–H and O–H groups in total. The average molecular weight is 198 g/mol. The van der Waals surface area contributed by atoms with Gasteiger partial charge in [-0.2, -0.15) is 0 Å². The molecule has 3 heteroatoms. The third kappa shape index (κ3) is 2.63. The SMILES string of the molecule is CNC(=O)N(C(C)C)C1CCCCC1. The number of carbonyl (C=O) groups excluding carboxylic acids is 1. The van der Waals surface area contributed by atoms with Crippen LogP contribution < -0.4 is 5.32 Å². The molecule has 0 radical (unpaired) electrons. The molecule has 0 aromatic rings. The van der Waals surface area contributed by atoms with E-state index in [1.165, 1.54) is 32.1 Å². The Morgan fingerprint density at radius 2 is 1.86 bits per heavy atom. The molecular weight excluding hydrogens is 176 g/mol. The monoisotopic (exact) mass is 198 g/mol. The summed E-state index contributed by atoms with van der Waals surface area (Å²) in [5, 5.41) is 2.73. The first-order chi connectivity index (χ1) is 6.66. The Hall–Kier alpha value is -0.730. The summed E-state index contributed by atoms with van der Waals surface area (Å²) in [6.45, 7) is 4.17. The van der Waals surface area contributed by atoms with Gasteiger partial charge in [-0.3, -0.25) is 0 Å². The Balaban J connectivity index is 2.60. The summed E-state index contributed by atoms with van der Waals surface area (Å²) in [5.41, 5.74) is 0. The summed E-state index contributed by atoms with van der Waals surface area (Å²) in [7, 11) is 1.71.